The molecule has 4 nitrogen and oxygen atoms in total. The number of ether oxygens (including phenoxy) is 1. The SMILES string of the molecule is N#C/C(=C\c1c(OC(F)F)ccc2ccccc12)C(=O)Nc1ccccc1Cl. The topological polar surface area (TPSA) is 62.1 Å². The smallest absolute Gasteiger partial charge is 0.387 e. The van der Waals surface area contributed by atoms with Gasteiger partial charge in [-0.15, -0.1) is 0 Å². The lowest BCUT2D eigenvalue weighted by Gasteiger charge is -2.12. The number of alkyl halides is 2. The van der Waals surface area contributed by atoms with Crippen LogP contribution in [0.15, 0.2) is 66.2 Å². The van der Waals surface area contributed by atoms with E-state index in [0.717, 1.165) is 5.39 Å². The van der Waals surface area contributed by atoms with E-state index in [-0.39, 0.29) is 16.9 Å². The number of hydrogen-bond donors (Lipinski definition) is 1. The molecule has 0 aliphatic heterocycles. The number of para-hydroxylation sites is 1. The summed E-state index contributed by atoms with van der Waals surface area (Å²) in [7, 11) is 0. The third kappa shape index (κ3) is 4.27. The van der Waals surface area contributed by atoms with Gasteiger partial charge in [-0.2, -0.15) is 14.0 Å². The number of benzene rings is 3. The van der Waals surface area contributed by atoms with Crippen LogP contribution in [-0.2, 0) is 4.79 Å². The first-order valence-electron chi connectivity index (χ1n) is 8.14. The van der Waals surface area contributed by atoms with Crippen molar-refractivity contribution in [3.63, 3.8) is 0 Å². The minimum absolute atomic E-state index is 0.132. The summed E-state index contributed by atoms with van der Waals surface area (Å²) in [5, 5.41) is 13.6. The molecule has 1 N–H and O–H groups in total. The zero-order valence-corrected chi connectivity index (χ0v) is 15.1. The van der Waals surface area contributed by atoms with Crippen LogP contribution in [0.5, 0.6) is 5.75 Å². The summed E-state index contributed by atoms with van der Waals surface area (Å²) >= 11 is 6.02. The molecule has 0 radical (unpaired) electrons. The second-order valence-corrected chi connectivity index (χ2v) is 6.09. The van der Waals surface area contributed by atoms with Crippen molar-refractivity contribution in [2.45, 2.75) is 6.61 Å². The second-order valence-electron chi connectivity index (χ2n) is 5.68. The Hall–Kier alpha value is -3.43. The average Bonchev–Trinajstić information content (AvgIpc) is 2.68. The van der Waals surface area contributed by atoms with Crippen LogP contribution in [0.1, 0.15) is 5.56 Å². The number of nitriles is 1. The molecule has 0 atom stereocenters. The van der Waals surface area contributed by atoms with Gasteiger partial charge in [0.2, 0.25) is 0 Å². The van der Waals surface area contributed by atoms with E-state index >= 15 is 0 Å². The van der Waals surface area contributed by atoms with Gasteiger partial charge < -0.3 is 10.1 Å². The monoisotopic (exact) mass is 398 g/mol. The zero-order chi connectivity index (χ0) is 20.1. The molecule has 0 fully saturated rings. The van der Waals surface area contributed by atoms with E-state index in [4.69, 9.17) is 11.6 Å². The maximum absolute atomic E-state index is 12.8. The Morgan fingerprint density at radius 1 is 1.11 bits per heavy atom. The molecular weight excluding hydrogens is 386 g/mol. The summed E-state index contributed by atoms with van der Waals surface area (Å²) < 4.78 is 30.2. The van der Waals surface area contributed by atoms with Gasteiger partial charge in [0.25, 0.3) is 5.91 Å². The molecule has 1 amide bonds. The zero-order valence-electron chi connectivity index (χ0n) is 14.3. The third-order valence-corrected chi connectivity index (χ3v) is 4.25. The normalized spacial score (nSPS) is 11.3. The molecule has 0 saturated heterocycles. The summed E-state index contributed by atoms with van der Waals surface area (Å²) in [4.78, 5) is 12.5. The number of anilines is 1. The molecule has 7 heteroatoms. The van der Waals surface area contributed by atoms with Crippen molar-refractivity contribution < 1.29 is 18.3 Å². The Labute approximate surface area is 164 Å². The van der Waals surface area contributed by atoms with Crippen LogP contribution in [0.25, 0.3) is 16.8 Å². The quantitative estimate of drug-likeness (QED) is 0.447. The van der Waals surface area contributed by atoms with Crippen molar-refractivity contribution in [3.05, 3.63) is 76.8 Å². The van der Waals surface area contributed by atoms with Gasteiger partial charge in [0, 0.05) is 5.56 Å². The molecule has 0 unspecified atom stereocenters. The van der Waals surface area contributed by atoms with Crippen LogP contribution >= 0.6 is 11.6 Å². The number of halogens is 3. The Balaban J connectivity index is 2.06. The van der Waals surface area contributed by atoms with E-state index in [1.165, 1.54) is 12.1 Å². The molecule has 0 saturated carbocycles. The van der Waals surface area contributed by atoms with Crippen LogP contribution < -0.4 is 10.1 Å². The van der Waals surface area contributed by atoms with Crippen molar-refractivity contribution in [2.24, 2.45) is 0 Å². The molecule has 3 aromatic carbocycles. The second kappa shape index (κ2) is 8.51. The highest BCUT2D eigenvalue weighted by Gasteiger charge is 2.16. The Morgan fingerprint density at radius 3 is 2.54 bits per heavy atom. The molecule has 0 aliphatic carbocycles. The molecule has 28 heavy (non-hydrogen) atoms. The predicted octanol–water partition coefficient (Wildman–Crippen LogP) is 5.64. The van der Waals surface area contributed by atoms with Crippen molar-refractivity contribution in [1.29, 1.82) is 5.26 Å². The van der Waals surface area contributed by atoms with Crippen LogP contribution in [0.2, 0.25) is 5.02 Å². The van der Waals surface area contributed by atoms with Gasteiger partial charge in [-0.3, -0.25) is 4.79 Å². The van der Waals surface area contributed by atoms with Crippen molar-refractivity contribution in [2.75, 3.05) is 5.32 Å². The Morgan fingerprint density at radius 2 is 1.82 bits per heavy atom. The van der Waals surface area contributed by atoms with Gasteiger partial charge in [0.15, 0.2) is 0 Å². The number of carbonyl (C=O) groups excluding carboxylic acids is 1. The number of hydrogen-bond acceptors (Lipinski definition) is 3. The van der Waals surface area contributed by atoms with Gasteiger partial charge in [-0.05, 0) is 35.0 Å². The standard InChI is InChI=1S/C21H13ClF2N2O2/c22-17-7-3-4-8-18(17)26-20(27)14(12-25)11-16-15-6-2-1-5-13(15)9-10-19(16)28-21(23)24/h1-11,21H,(H,26,27)/b14-11+. The van der Waals surface area contributed by atoms with Gasteiger partial charge in [0.05, 0.1) is 10.7 Å². The third-order valence-electron chi connectivity index (χ3n) is 3.92. The highest BCUT2D eigenvalue weighted by molar-refractivity contribution is 6.34. The van der Waals surface area contributed by atoms with Crippen molar-refractivity contribution in [1.82, 2.24) is 0 Å². The minimum atomic E-state index is -3.05. The molecular formula is C21H13ClF2N2O2. The summed E-state index contributed by atoms with van der Waals surface area (Å²) in [6.45, 7) is -3.05. The van der Waals surface area contributed by atoms with Gasteiger partial charge >= 0.3 is 6.61 Å². The van der Waals surface area contributed by atoms with Gasteiger partial charge in [0.1, 0.15) is 17.4 Å². The van der Waals surface area contributed by atoms with E-state index in [0.29, 0.717) is 16.1 Å². The lowest BCUT2D eigenvalue weighted by molar-refractivity contribution is -0.112. The first-order chi connectivity index (χ1) is 13.5. The number of nitrogens with zero attached hydrogens (tertiary/aromatic N) is 1. The summed E-state index contributed by atoms with van der Waals surface area (Å²) in [5.74, 6) is -0.849. The van der Waals surface area contributed by atoms with Crippen LogP contribution in [-0.4, -0.2) is 12.5 Å². The average molecular weight is 399 g/mol. The number of carbonyl (C=O) groups is 1. The van der Waals surface area contributed by atoms with Gasteiger partial charge in [-0.1, -0.05) is 54.1 Å². The number of amides is 1. The first kappa shape index (κ1) is 19.3. The fraction of sp³-hybridized carbons (Fsp3) is 0.0476. The molecule has 3 aromatic rings. The molecule has 0 aromatic heterocycles. The number of rotatable bonds is 5. The molecule has 0 aliphatic rings. The first-order valence-corrected chi connectivity index (χ1v) is 8.51. The minimum Gasteiger partial charge on any atom is -0.434 e. The Kier molecular flexibility index (Phi) is 5.87. The highest BCUT2D eigenvalue weighted by atomic mass is 35.5. The molecule has 0 heterocycles. The van der Waals surface area contributed by atoms with E-state index in [1.54, 1.807) is 60.7 Å². The van der Waals surface area contributed by atoms with E-state index < -0.39 is 12.5 Å². The number of nitrogens with one attached hydrogen (secondary N) is 1. The lowest BCUT2D eigenvalue weighted by Crippen LogP contribution is -2.14. The maximum Gasteiger partial charge on any atom is 0.387 e. The Bertz CT molecular complexity index is 1110. The van der Waals surface area contributed by atoms with E-state index in [1.807, 2.05) is 0 Å². The lowest BCUT2D eigenvalue weighted by atomic mass is 10.0. The molecule has 0 bridgehead atoms. The van der Waals surface area contributed by atoms with Crippen LogP contribution in [0, 0.1) is 11.3 Å². The summed E-state index contributed by atoms with van der Waals surface area (Å²) in [6, 6.07) is 18.3. The summed E-state index contributed by atoms with van der Waals surface area (Å²) in [5.41, 5.74) is 0.261. The van der Waals surface area contributed by atoms with Gasteiger partial charge in [-0.25, -0.2) is 0 Å². The molecule has 3 rings (SSSR count). The van der Waals surface area contributed by atoms with E-state index in [2.05, 4.69) is 10.1 Å². The maximum atomic E-state index is 12.8. The van der Waals surface area contributed by atoms with Crippen LogP contribution in [0.4, 0.5) is 14.5 Å². The fourth-order valence-electron chi connectivity index (χ4n) is 2.67. The van der Waals surface area contributed by atoms with Crippen molar-refractivity contribution >= 4 is 40.0 Å². The van der Waals surface area contributed by atoms with Crippen molar-refractivity contribution in [3.8, 4) is 11.8 Å². The number of fused-ring (bicyclic) bond motifs is 1. The highest BCUT2D eigenvalue weighted by Crippen LogP contribution is 2.31. The summed E-state index contributed by atoms with van der Waals surface area (Å²) in [6.07, 6.45) is 1.23. The van der Waals surface area contributed by atoms with Crippen LogP contribution in [0.3, 0.4) is 0 Å². The largest absolute Gasteiger partial charge is 0.434 e. The molecule has 0 spiro atoms. The predicted molar refractivity (Wildman–Crippen MR) is 104 cm³/mol. The molecule has 140 valence electrons. The van der Waals surface area contributed by atoms with E-state index in [9.17, 15) is 18.8 Å². The fourth-order valence-corrected chi connectivity index (χ4v) is 2.85.